The second-order valence-corrected chi connectivity index (χ2v) is 3.97. The number of rotatable bonds is 4. The molecule has 0 radical (unpaired) electrons. The van der Waals surface area contributed by atoms with E-state index in [1.165, 1.54) is 19.1 Å². The number of halogens is 3. The Hall–Kier alpha value is -2.30. The zero-order chi connectivity index (χ0) is 15.3. The van der Waals surface area contributed by atoms with Crippen LogP contribution < -0.4 is 0 Å². The molecule has 106 valence electrons. The topological polar surface area (TPSA) is 26.3 Å². The second kappa shape index (κ2) is 6.75. The monoisotopic (exact) mass is 282 g/mol. The van der Waals surface area contributed by atoms with Crippen LogP contribution in [0.15, 0.2) is 54.3 Å². The first-order chi connectivity index (χ1) is 9.35. The number of ether oxygens (including phenoxy) is 1. The van der Waals surface area contributed by atoms with E-state index in [9.17, 15) is 18.0 Å². The summed E-state index contributed by atoms with van der Waals surface area (Å²) in [6.07, 6.45) is 1.51. The van der Waals surface area contributed by atoms with Crippen LogP contribution in [0.5, 0.6) is 0 Å². The summed E-state index contributed by atoms with van der Waals surface area (Å²) in [5.41, 5.74) is 0.330. The van der Waals surface area contributed by atoms with Crippen molar-refractivity contribution >= 4 is 5.97 Å². The molecule has 1 rings (SSSR count). The Morgan fingerprint density at radius 3 is 2.50 bits per heavy atom. The molecule has 0 amide bonds. The molecule has 0 bridgehead atoms. The number of esters is 1. The van der Waals surface area contributed by atoms with E-state index in [0.717, 1.165) is 12.1 Å². The fourth-order valence-corrected chi connectivity index (χ4v) is 1.34. The number of hydrogen-bond acceptors (Lipinski definition) is 2. The largest absolute Gasteiger partial charge is 0.423 e. The number of benzene rings is 1. The Morgan fingerprint density at radius 2 is 1.95 bits per heavy atom. The van der Waals surface area contributed by atoms with Crippen molar-refractivity contribution in [3.8, 4) is 0 Å². The summed E-state index contributed by atoms with van der Waals surface area (Å²) in [4.78, 5) is 11.6. The fourth-order valence-electron chi connectivity index (χ4n) is 1.34. The van der Waals surface area contributed by atoms with Gasteiger partial charge in [-0.2, -0.15) is 0 Å². The summed E-state index contributed by atoms with van der Waals surface area (Å²) in [7, 11) is 0. The van der Waals surface area contributed by atoms with Crippen molar-refractivity contribution in [3.63, 3.8) is 0 Å². The van der Waals surface area contributed by atoms with Gasteiger partial charge in [-0.1, -0.05) is 12.6 Å². The minimum absolute atomic E-state index is 0.308. The van der Waals surface area contributed by atoms with Crippen molar-refractivity contribution in [2.24, 2.45) is 0 Å². The molecule has 0 aliphatic carbocycles. The van der Waals surface area contributed by atoms with E-state index in [2.05, 4.69) is 11.3 Å². The molecule has 1 aromatic rings. The molecule has 20 heavy (non-hydrogen) atoms. The normalized spacial score (nSPS) is 12.2. The molecule has 0 atom stereocenters. The smallest absolute Gasteiger partial charge is 0.346 e. The van der Waals surface area contributed by atoms with Gasteiger partial charge in [-0.15, -0.1) is 0 Å². The van der Waals surface area contributed by atoms with Crippen LogP contribution in [0.25, 0.3) is 0 Å². The van der Waals surface area contributed by atoms with Crippen molar-refractivity contribution in [2.45, 2.75) is 13.8 Å². The third-order valence-electron chi connectivity index (χ3n) is 2.34. The molecule has 0 N–H and O–H groups in total. The van der Waals surface area contributed by atoms with Gasteiger partial charge in [0.25, 0.3) is 0 Å². The molecule has 0 spiro atoms. The lowest BCUT2D eigenvalue weighted by Crippen LogP contribution is -2.06. The fraction of sp³-hybridized carbons (Fsp3) is 0.133. The number of aryl methyl sites for hydroxylation is 1. The maximum absolute atomic E-state index is 13.5. The van der Waals surface area contributed by atoms with Crippen LogP contribution in [0.4, 0.5) is 13.2 Å². The second-order valence-electron chi connectivity index (χ2n) is 3.97. The SMILES string of the molecule is C=C(/C=C(F)\C(F)=C/C)OC(=O)c1ccc(C)cc1F. The minimum atomic E-state index is -1.23. The van der Waals surface area contributed by atoms with Crippen LogP contribution in [0.2, 0.25) is 0 Å². The van der Waals surface area contributed by atoms with Crippen molar-refractivity contribution in [3.05, 3.63) is 71.3 Å². The molecule has 0 fully saturated rings. The van der Waals surface area contributed by atoms with Gasteiger partial charge in [0, 0.05) is 6.08 Å². The minimum Gasteiger partial charge on any atom is -0.423 e. The van der Waals surface area contributed by atoms with E-state index in [4.69, 9.17) is 0 Å². The third-order valence-corrected chi connectivity index (χ3v) is 2.34. The Bertz CT molecular complexity index is 601. The van der Waals surface area contributed by atoms with Gasteiger partial charge in [0.15, 0.2) is 11.7 Å². The highest BCUT2D eigenvalue weighted by Crippen LogP contribution is 2.17. The standard InChI is InChI=1S/C15H13F3O2/c1-4-12(16)14(18)8-10(3)20-15(19)11-6-5-9(2)7-13(11)17/h4-8H,3H2,1-2H3/b12-4+,14-8+. The van der Waals surface area contributed by atoms with E-state index >= 15 is 0 Å². The molecule has 0 saturated carbocycles. The third kappa shape index (κ3) is 4.12. The Balaban J connectivity index is 2.83. The lowest BCUT2D eigenvalue weighted by molar-refractivity contribution is 0.0633. The Kier molecular flexibility index (Phi) is 5.32. The number of hydrogen-bond donors (Lipinski definition) is 0. The van der Waals surface area contributed by atoms with Crippen molar-refractivity contribution in [1.29, 1.82) is 0 Å². The zero-order valence-corrected chi connectivity index (χ0v) is 11.0. The van der Waals surface area contributed by atoms with Gasteiger partial charge in [0.05, 0.1) is 5.56 Å². The van der Waals surface area contributed by atoms with E-state index in [-0.39, 0.29) is 5.56 Å². The average molecular weight is 282 g/mol. The first-order valence-electron chi connectivity index (χ1n) is 5.71. The number of carbonyl (C=O) groups excluding carboxylic acids is 1. The summed E-state index contributed by atoms with van der Waals surface area (Å²) >= 11 is 0. The van der Waals surface area contributed by atoms with Gasteiger partial charge in [-0.25, -0.2) is 18.0 Å². The number of allylic oxidation sites excluding steroid dienone is 4. The quantitative estimate of drug-likeness (QED) is 0.460. The van der Waals surface area contributed by atoms with E-state index in [1.807, 2.05) is 0 Å². The van der Waals surface area contributed by atoms with E-state index in [0.29, 0.717) is 11.6 Å². The molecule has 0 heterocycles. The van der Waals surface area contributed by atoms with E-state index in [1.54, 1.807) is 6.92 Å². The van der Waals surface area contributed by atoms with Crippen LogP contribution in [0.1, 0.15) is 22.8 Å². The molecule has 0 aliphatic rings. The summed E-state index contributed by atoms with van der Waals surface area (Å²) in [6.45, 7) is 6.21. The average Bonchev–Trinajstić information content (AvgIpc) is 2.37. The van der Waals surface area contributed by atoms with Crippen LogP contribution >= 0.6 is 0 Å². The molecule has 1 aromatic carbocycles. The predicted molar refractivity (Wildman–Crippen MR) is 69.7 cm³/mol. The Labute approximate surface area is 114 Å². The molecule has 0 aromatic heterocycles. The number of carbonyl (C=O) groups is 1. The molecule has 0 aliphatic heterocycles. The highest BCUT2D eigenvalue weighted by Gasteiger charge is 2.14. The van der Waals surface area contributed by atoms with Crippen molar-refractivity contribution in [2.75, 3.05) is 0 Å². The predicted octanol–water partition coefficient (Wildman–Crippen LogP) is 4.53. The van der Waals surface area contributed by atoms with Gasteiger partial charge in [0.2, 0.25) is 0 Å². The summed E-state index contributed by atoms with van der Waals surface area (Å²) < 4.78 is 44.1. The maximum Gasteiger partial charge on any atom is 0.346 e. The van der Waals surface area contributed by atoms with Gasteiger partial charge in [-0.05, 0) is 37.6 Å². The molecular formula is C15H13F3O2. The molecule has 2 nitrogen and oxygen atoms in total. The molecule has 0 unspecified atom stereocenters. The van der Waals surface area contributed by atoms with E-state index < -0.39 is 29.2 Å². The van der Waals surface area contributed by atoms with Crippen LogP contribution in [0, 0.1) is 12.7 Å². The van der Waals surface area contributed by atoms with Crippen LogP contribution in [0.3, 0.4) is 0 Å². The molecular weight excluding hydrogens is 269 g/mol. The zero-order valence-electron chi connectivity index (χ0n) is 11.0. The lowest BCUT2D eigenvalue weighted by Gasteiger charge is -2.05. The highest BCUT2D eigenvalue weighted by atomic mass is 19.2. The molecule has 5 heteroatoms. The highest BCUT2D eigenvalue weighted by molar-refractivity contribution is 5.90. The van der Waals surface area contributed by atoms with Crippen molar-refractivity contribution < 1.29 is 22.7 Å². The van der Waals surface area contributed by atoms with Crippen molar-refractivity contribution in [1.82, 2.24) is 0 Å². The van der Waals surface area contributed by atoms with Gasteiger partial charge < -0.3 is 4.74 Å². The van der Waals surface area contributed by atoms with Gasteiger partial charge in [0.1, 0.15) is 11.6 Å². The van der Waals surface area contributed by atoms with Gasteiger partial charge >= 0.3 is 5.97 Å². The molecule has 0 saturated heterocycles. The first kappa shape index (κ1) is 15.8. The summed E-state index contributed by atoms with van der Waals surface area (Å²) in [5, 5.41) is 0. The van der Waals surface area contributed by atoms with Crippen LogP contribution in [-0.2, 0) is 4.74 Å². The summed E-state index contributed by atoms with van der Waals surface area (Å²) in [6, 6.07) is 3.93. The first-order valence-corrected chi connectivity index (χ1v) is 5.71. The lowest BCUT2D eigenvalue weighted by atomic mass is 10.1. The van der Waals surface area contributed by atoms with Gasteiger partial charge in [-0.3, -0.25) is 0 Å². The summed E-state index contributed by atoms with van der Waals surface area (Å²) in [5.74, 6) is -4.55. The van der Waals surface area contributed by atoms with Crippen LogP contribution in [-0.4, -0.2) is 5.97 Å². The Morgan fingerprint density at radius 1 is 1.30 bits per heavy atom. The maximum atomic E-state index is 13.5.